The van der Waals surface area contributed by atoms with E-state index in [-0.39, 0.29) is 5.91 Å². The first-order chi connectivity index (χ1) is 10.8. The van der Waals surface area contributed by atoms with Crippen LogP contribution in [0.25, 0.3) is 0 Å². The largest absolute Gasteiger partial charge is 0.355 e. The lowest BCUT2D eigenvalue weighted by Gasteiger charge is -2.06. The second-order valence-electron chi connectivity index (χ2n) is 5.23. The molecule has 0 heterocycles. The summed E-state index contributed by atoms with van der Waals surface area (Å²) in [5, 5.41) is 2.99. The number of carbonyl (C=O) groups is 1. The zero-order valence-corrected chi connectivity index (χ0v) is 13.9. The molecule has 2 aromatic rings. The molecule has 0 saturated heterocycles. The van der Waals surface area contributed by atoms with Gasteiger partial charge >= 0.3 is 0 Å². The van der Waals surface area contributed by atoms with E-state index in [9.17, 15) is 4.79 Å². The third-order valence-electron chi connectivity index (χ3n) is 3.48. The van der Waals surface area contributed by atoms with Gasteiger partial charge in [0.1, 0.15) is 0 Å². The van der Waals surface area contributed by atoms with Crippen LogP contribution in [0.1, 0.15) is 23.6 Å². The number of hydrogen-bond acceptors (Lipinski definition) is 2. The van der Waals surface area contributed by atoms with E-state index in [0.717, 1.165) is 30.0 Å². The molecule has 0 saturated carbocycles. The Labute approximate surface area is 137 Å². The summed E-state index contributed by atoms with van der Waals surface area (Å²) >= 11 is 1.84. The Balaban J connectivity index is 1.61. The summed E-state index contributed by atoms with van der Waals surface area (Å²) in [6.45, 7) is 2.86. The predicted octanol–water partition coefficient (Wildman–Crippen LogP) is 3.84. The van der Waals surface area contributed by atoms with Crippen molar-refractivity contribution in [2.45, 2.75) is 25.5 Å². The maximum atomic E-state index is 11.9. The number of carbonyl (C=O) groups excluding carboxylic acids is 1. The first-order valence-electron chi connectivity index (χ1n) is 7.74. The Morgan fingerprint density at radius 3 is 2.32 bits per heavy atom. The van der Waals surface area contributed by atoms with Gasteiger partial charge in [0.25, 0.3) is 0 Å². The van der Waals surface area contributed by atoms with Crippen molar-refractivity contribution in [2.24, 2.45) is 0 Å². The predicted molar refractivity (Wildman–Crippen MR) is 95.1 cm³/mol. The van der Waals surface area contributed by atoms with Gasteiger partial charge in [-0.1, -0.05) is 61.5 Å². The molecule has 0 aromatic heterocycles. The van der Waals surface area contributed by atoms with Crippen molar-refractivity contribution in [2.75, 3.05) is 12.3 Å². The summed E-state index contributed by atoms with van der Waals surface area (Å²) in [5.41, 5.74) is 3.71. The summed E-state index contributed by atoms with van der Waals surface area (Å²) in [5.74, 6) is 2.04. The lowest BCUT2D eigenvalue weighted by atomic mass is 10.1. The van der Waals surface area contributed by atoms with Crippen LogP contribution in [0.4, 0.5) is 0 Å². The van der Waals surface area contributed by atoms with Crippen molar-refractivity contribution < 1.29 is 4.79 Å². The number of rotatable bonds is 8. The van der Waals surface area contributed by atoms with Gasteiger partial charge in [0.05, 0.1) is 6.42 Å². The fraction of sp³-hybridized carbons (Fsp3) is 0.316. The molecule has 0 aliphatic heterocycles. The van der Waals surface area contributed by atoms with Gasteiger partial charge in [-0.2, -0.15) is 11.8 Å². The first kappa shape index (κ1) is 16.6. The van der Waals surface area contributed by atoms with E-state index in [0.29, 0.717) is 6.42 Å². The molecule has 0 aliphatic carbocycles. The Morgan fingerprint density at radius 1 is 0.955 bits per heavy atom. The molecule has 22 heavy (non-hydrogen) atoms. The highest BCUT2D eigenvalue weighted by Crippen LogP contribution is 2.10. The van der Waals surface area contributed by atoms with Gasteiger partial charge in [-0.3, -0.25) is 4.79 Å². The van der Waals surface area contributed by atoms with Gasteiger partial charge in [-0.15, -0.1) is 0 Å². The highest BCUT2D eigenvalue weighted by molar-refractivity contribution is 7.98. The van der Waals surface area contributed by atoms with Crippen LogP contribution in [0.2, 0.25) is 0 Å². The van der Waals surface area contributed by atoms with Crippen LogP contribution >= 0.6 is 11.8 Å². The second-order valence-corrected chi connectivity index (χ2v) is 6.34. The quantitative estimate of drug-likeness (QED) is 0.750. The van der Waals surface area contributed by atoms with Crippen molar-refractivity contribution in [1.82, 2.24) is 5.32 Å². The van der Waals surface area contributed by atoms with Gasteiger partial charge in [-0.25, -0.2) is 0 Å². The minimum atomic E-state index is 0.101. The number of benzene rings is 2. The van der Waals surface area contributed by atoms with E-state index in [2.05, 4.69) is 48.6 Å². The molecule has 0 atom stereocenters. The van der Waals surface area contributed by atoms with Gasteiger partial charge in [0.2, 0.25) is 5.91 Å². The van der Waals surface area contributed by atoms with Crippen molar-refractivity contribution in [1.29, 1.82) is 0 Å². The Kier molecular flexibility index (Phi) is 7.04. The average molecular weight is 313 g/mol. The minimum Gasteiger partial charge on any atom is -0.355 e. The standard InChI is InChI=1S/C19H23NOS/c1-2-16-8-10-17(11-9-16)14-19(21)20-12-13-22-15-18-6-4-3-5-7-18/h3-11H,2,12-15H2,1H3,(H,20,21). The number of amides is 1. The van der Waals surface area contributed by atoms with Crippen molar-refractivity contribution >= 4 is 17.7 Å². The normalized spacial score (nSPS) is 10.4. The highest BCUT2D eigenvalue weighted by atomic mass is 32.2. The number of aryl methyl sites for hydroxylation is 1. The second kappa shape index (κ2) is 9.31. The smallest absolute Gasteiger partial charge is 0.224 e. The molecular weight excluding hydrogens is 290 g/mol. The molecular formula is C19H23NOS. The lowest BCUT2D eigenvalue weighted by Crippen LogP contribution is -2.27. The molecule has 2 aromatic carbocycles. The third kappa shape index (κ3) is 5.94. The van der Waals surface area contributed by atoms with Crippen molar-refractivity contribution in [3.05, 3.63) is 71.3 Å². The van der Waals surface area contributed by atoms with Crippen molar-refractivity contribution in [3.63, 3.8) is 0 Å². The summed E-state index contributed by atoms with van der Waals surface area (Å²) in [7, 11) is 0. The highest BCUT2D eigenvalue weighted by Gasteiger charge is 2.03. The Hall–Kier alpha value is -1.74. The number of nitrogens with one attached hydrogen (secondary N) is 1. The molecule has 1 N–H and O–H groups in total. The topological polar surface area (TPSA) is 29.1 Å². The molecule has 116 valence electrons. The lowest BCUT2D eigenvalue weighted by molar-refractivity contribution is -0.120. The maximum Gasteiger partial charge on any atom is 0.224 e. The number of hydrogen-bond donors (Lipinski definition) is 1. The van der Waals surface area contributed by atoms with Crippen LogP contribution in [-0.4, -0.2) is 18.2 Å². The van der Waals surface area contributed by atoms with Gasteiger partial charge in [0, 0.05) is 18.1 Å². The van der Waals surface area contributed by atoms with Gasteiger partial charge in [-0.05, 0) is 23.1 Å². The molecule has 0 fully saturated rings. The molecule has 1 amide bonds. The molecule has 2 rings (SSSR count). The Bertz CT molecular complexity index is 566. The Morgan fingerprint density at radius 2 is 1.64 bits per heavy atom. The van der Waals surface area contributed by atoms with Crippen LogP contribution < -0.4 is 5.32 Å². The van der Waals surface area contributed by atoms with E-state index >= 15 is 0 Å². The minimum absolute atomic E-state index is 0.101. The van der Waals surface area contributed by atoms with E-state index in [4.69, 9.17) is 0 Å². The van der Waals surface area contributed by atoms with E-state index < -0.39 is 0 Å². The zero-order chi connectivity index (χ0) is 15.6. The molecule has 0 bridgehead atoms. The van der Waals surface area contributed by atoms with Crippen LogP contribution in [0, 0.1) is 0 Å². The molecule has 2 nitrogen and oxygen atoms in total. The molecule has 3 heteroatoms. The fourth-order valence-electron chi connectivity index (χ4n) is 2.17. The number of thioether (sulfide) groups is 1. The summed E-state index contributed by atoms with van der Waals surface area (Å²) in [4.78, 5) is 11.9. The molecule has 0 aliphatic rings. The van der Waals surface area contributed by atoms with Crippen LogP contribution in [-0.2, 0) is 23.4 Å². The average Bonchev–Trinajstić information content (AvgIpc) is 2.56. The maximum absolute atomic E-state index is 11.9. The SMILES string of the molecule is CCc1ccc(CC(=O)NCCSCc2ccccc2)cc1. The van der Waals surface area contributed by atoms with E-state index in [1.54, 1.807) is 0 Å². The summed E-state index contributed by atoms with van der Waals surface area (Å²) < 4.78 is 0. The van der Waals surface area contributed by atoms with Gasteiger partial charge < -0.3 is 5.32 Å². The van der Waals surface area contributed by atoms with E-state index in [1.807, 2.05) is 30.0 Å². The third-order valence-corrected chi connectivity index (χ3v) is 4.51. The summed E-state index contributed by atoms with van der Waals surface area (Å²) in [6.07, 6.45) is 1.50. The fourth-order valence-corrected chi connectivity index (χ4v) is 2.99. The summed E-state index contributed by atoms with van der Waals surface area (Å²) in [6, 6.07) is 18.7. The molecule has 0 spiro atoms. The first-order valence-corrected chi connectivity index (χ1v) is 8.89. The monoisotopic (exact) mass is 313 g/mol. The van der Waals surface area contributed by atoms with Crippen molar-refractivity contribution in [3.8, 4) is 0 Å². The van der Waals surface area contributed by atoms with Crippen LogP contribution in [0.15, 0.2) is 54.6 Å². The zero-order valence-electron chi connectivity index (χ0n) is 13.0. The van der Waals surface area contributed by atoms with Crippen LogP contribution in [0.5, 0.6) is 0 Å². The molecule has 0 unspecified atom stereocenters. The molecule has 0 radical (unpaired) electrons. The van der Waals surface area contributed by atoms with Gasteiger partial charge in [0.15, 0.2) is 0 Å². The van der Waals surface area contributed by atoms with E-state index in [1.165, 1.54) is 11.1 Å². The van der Waals surface area contributed by atoms with Crippen LogP contribution in [0.3, 0.4) is 0 Å².